The van der Waals surface area contributed by atoms with Gasteiger partial charge in [-0.2, -0.15) is 0 Å². The van der Waals surface area contributed by atoms with Gasteiger partial charge in [-0.25, -0.2) is 0 Å². The maximum absolute atomic E-state index is 9.75. The molecule has 0 unspecified atom stereocenters. The summed E-state index contributed by atoms with van der Waals surface area (Å²) in [6.45, 7) is 3.13. The van der Waals surface area contributed by atoms with E-state index in [1.807, 2.05) is 36.4 Å². The predicted octanol–water partition coefficient (Wildman–Crippen LogP) is 4.99. The van der Waals surface area contributed by atoms with Gasteiger partial charge in [-0.3, -0.25) is 0 Å². The normalized spacial score (nSPS) is 11.0. The van der Waals surface area contributed by atoms with Crippen LogP contribution in [0.2, 0.25) is 0 Å². The fourth-order valence-electron chi connectivity index (χ4n) is 3.51. The molecule has 0 N–H and O–H groups in total. The Bertz CT molecular complexity index is 1170. The van der Waals surface area contributed by atoms with Crippen LogP contribution in [0.15, 0.2) is 115 Å². The van der Waals surface area contributed by atoms with E-state index in [0.29, 0.717) is 39.6 Å². The van der Waals surface area contributed by atoms with Crippen molar-refractivity contribution in [2.75, 3.05) is 39.6 Å². The van der Waals surface area contributed by atoms with Gasteiger partial charge in [0.25, 0.3) is 0 Å². The van der Waals surface area contributed by atoms with E-state index >= 15 is 0 Å². The minimum atomic E-state index is -6.00. The molecule has 0 saturated heterocycles. The summed E-state index contributed by atoms with van der Waals surface area (Å²) in [4.78, 5) is 0. The molecule has 0 saturated carbocycles. The first-order valence-electron chi connectivity index (χ1n) is 12.7. The predicted molar refractivity (Wildman–Crippen MR) is 153 cm³/mol. The zero-order valence-corrected chi connectivity index (χ0v) is 23.6. The van der Waals surface area contributed by atoms with Crippen molar-refractivity contribution >= 4 is 34.5 Å². The maximum atomic E-state index is 9.75. The smallest absolute Gasteiger partial charge is 0.0200 e. The SMILES string of the molecule is F[B-](F)(F)F.c1ccc(OCCOCCOCCOc2ccccc2[Se+](c2ccccc2)c2ccccc2)cc1. The molecule has 0 amide bonds. The van der Waals surface area contributed by atoms with Gasteiger partial charge < -0.3 is 17.3 Å². The molecule has 0 heterocycles. The van der Waals surface area contributed by atoms with Crippen molar-refractivity contribution in [2.24, 2.45) is 0 Å². The Morgan fingerprint density at radius 1 is 0.475 bits per heavy atom. The van der Waals surface area contributed by atoms with Crippen LogP contribution in [0.4, 0.5) is 17.3 Å². The molecule has 4 nitrogen and oxygen atoms in total. The van der Waals surface area contributed by atoms with Crippen LogP contribution in [0.1, 0.15) is 0 Å². The third kappa shape index (κ3) is 12.3. The van der Waals surface area contributed by atoms with Gasteiger partial charge in [0.2, 0.25) is 0 Å². The summed E-state index contributed by atoms with van der Waals surface area (Å²) >= 11 is -1.48. The van der Waals surface area contributed by atoms with E-state index in [0.717, 1.165) is 11.5 Å². The molecule has 0 radical (unpaired) electrons. The second-order valence-electron chi connectivity index (χ2n) is 8.11. The Kier molecular flexibility index (Phi) is 13.6. The van der Waals surface area contributed by atoms with Gasteiger partial charge in [0.05, 0.1) is 0 Å². The van der Waals surface area contributed by atoms with E-state index in [1.54, 1.807) is 0 Å². The number of para-hydroxylation sites is 2. The second kappa shape index (κ2) is 17.4. The first-order valence-corrected chi connectivity index (χ1v) is 15.3. The molecule has 212 valence electrons. The molecule has 0 fully saturated rings. The van der Waals surface area contributed by atoms with Crippen molar-refractivity contribution in [2.45, 2.75) is 0 Å². The molecule has 0 aromatic heterocycles. The summed E-state index contributed by atoms with van der Waals surface area (Å²) in [6, 6.07) is 39.6. The van der Waals surface area contributed by atoms with Crippen molar-refractivity contribution in [3.05, 3.63) is 115 Å². The van der Waals surface area contributed by atoms with Gasteiger partial charge in [-0.1, -0.05) is 18.2 Å². The zero-order valence-electron chi connectivity index (χ0n) is 21.8. The first kappa shape index (κ1) is 31.2. The van der Waals surface area contributed by atoms with Crippen LogP contribution >= 0.6 is 0 Å². The van der Waals surface area contributed by atoms with Crippen molar-refractivity contribution in [3.63, 3.8) is 0 Å². The molecule has 0 spiro atoms. The van der Waals surface area contributed by atoms with Gasteiger partial charge in [0.15, 0.2) is 0 Å². The summed E-state index contributed by atoms with van der Waals surface area (Å²) in [6.07, 6.45) is 0. The molecule has 0 aliphatic heterocycles. The van der Waals surface area contributed by atoms with Crippen LogP contribution in [0.25, 0.3) is 0 Å². The minimum Gasteiger partial charge on any atom is -0.0586 e. The van der Waals surface area contributed by atoms with Gasteiger partial charge in [0, 0.05) is 0 Å². The number of hydrogen-bond donors (Lipinski definition) is 0. The Labute approximate surface area is 236 Å². The molecule has 0 bridgehead atoms. The fourth-order valence-corrected chi connectivity index (χ4v) is 8.09. The van der Waals surface area contributed by atoms with E-state index in [4.69, 9.17) is 18.9 Å². The van der Waals surface area contributed by atoms with Crippen LogP contribution in [0, 0.1) is 0 Å². The standard InChI is InChI=1S/C30H31O4Se.BF4/c1-4-12-26(13-5-1)33-24-22-31-20-21-32-23-25-34-29-18-10-11-19-30(29)35(27-14-6-2-7-15-27)28-16-8-3-9-17-28;2-1(3,4)5/h1-19H,20-25H2;/q+1;-1. The summed E-state index contributed by atoms with van der Waals surface area (Å²) in [5, 5.41) is 0. The number of benzene rings is 4. The molecule has 4 aromatic carbocycles. The second-order valence-corrected chi connectivity index (χ2v) is 12.3. The van der Waals surface area contributed by atoms with Crippen molar-refractivity contribution in [1.29, 1.82) is 0 Å². The first-order chi connectivity index (χ1) is 19.4. The van der Waals surface area contributed by atoms with Gasteiger partial charge in [0.1, 0.15) is 5.75 Å². The van der Waals surface area contributed by atoms with Gasteiger partial charge >= 0.3 is 184 Å². The largest absolute Gasteiger partial charge is 0.0586 e. The molecule has 0 aliphatic carbocycles. The van der Waals surface area contributed by atoms with E-state index in [1.165, 1.54) is 13.4 Å². The number of rotatable bonds is 14. The van der Waals surface area contributed by atoms with Gasteiger partial charge in [-0.15, -0.1) is 0 Å². The molecule has 0 aliphatic rings. The van der Waals surface area contributed by atoms with Crippen LogP contribution in [0.3, 0.4) is 0 Å². The summed E-state index contributed by atoms with van der Waals surface area (Å²) in [5.41, 5.74) is 0. The monoisotopic (exact) mass is 622 g/mol. The van der Waals surface area contributed by atoms with Crippen molar-refractivity contribution < 1.29 is 36.2 Å². The van der Waals surface area contributed by atoms with E-state index in [9.17, 15) is 17.3 Å². The quantitative estimate of drug-likeness (QED) is 0.113. The Morgan fingerprint density at radius 3 is 1.40 bits per heavy atom. The Hall–Kier alpha value is -3.30. The van der Waals surface area contributed by atoms with Crippen LogP contribution in [-0.4, -0.2) is 60.8 Å². The number of halogens is 4. The molecule has 10 heteroatoms. The van der Waals surface area contributed by atoms with Crippen LogP contribution in [0.5, 0.6) is 11.5 Å². The molecule has 4 rings (SSSR count). The van der Waals surface area contributed by atoms with E-state index in [-0.39, 0.29) is 0 Å². The molecular formula is C30H31BF4O4Se. The fraction of sp³-hybridized carbons (Fsp3) is 0.200. The van der Waals surface area contributed by atoms with E-state index < -0.39 is 21.2 Å². The van der Waals surface area contributed by atoms with Crippen LogP contribution in [-0.2, 0) is 9.47 Å². The van der Waals surface area contributed by atoms with Crippen molar-refractivity contribution in [3.8, 4) is 11.5 Å². The maximum Gasteiger partial charge on any atom is -0.0200 e. The molecule has 4 aromatic rings. The third-order valence-corrected chi connectivity index (χ3v) is 9.87. The number of ether oxygens (including phenoxy) is 4. The Balaban J connectivity index is 0.000000810. The average Bonchev–Trinajstić information content (AvgIpc) is 2.96. The summed E-state index contributed by atoms with van der Waals surface area (Å²) in [5.74, 6) is 1.79. The van der Waals surface area contributed by atoms with Gasteiger partial charge in [-0.05, 0) is 12.1 Å². The summed E-state index contributed by atoms with van der Waals surface area (Å²) in [7, 11) is -6.00. The topological polar surface area (TPSA) is 36.9 Å². The minimum absolute atomic E-state index is 0.497. The van der Waals surface area contributed by atoms with Crippen molar-refractivity contribution in [1.82, 2.24) is 0 Å². The van der Waals surface area contributed by atoms with Crippen LogP contribution < -0.4 is 22.9 Å². The number of hydrogen-bond acceptors (Lipinski definition) is 4. The van der Waals surface area contributed by atoms with E-state index in [2.05, 4.69) is 78.9 Å². The zero-order chi connectivity index (χ0) is 28.5. The third-order valence-electron chi connectivity index (χ3n) is 5.12. The Morgan fingerprint density at radius 2 is 0.875 bits per heavy atom. The summed E-state index contributed by atoms with van der Waals surface area (Å²) < 4.78 is 66.1. The molecular weight excluding hydrogens is 590 g/mol. The molecule has 40 heavy (non-hydrogen) atoms. The average molecular weight is 621 g/mol. The molecule has 0 atom stereocenters.